The first-order valence-electron chi connectivity index (χ1n) is 10.6. The van der Waals surface area contributed by atoms with Gasteiger partial charge in [-0.2, -0.15) is 4.31 Å². The molecular formula is C23H31N3O3S. The van der Waals surface area contributed by atoms with Crippen molar-refractivity contribution in [1.82, 2.24) is 9.21 Å². The Morgan fingerprint density at radius 1 is 1.03 bits per heavy atom. The fourth-order valence-electron chi connectivity index (χ4n) is 3.80. The number of anilines is 1. The van der Waals surface area contributed by atoms with Gasteiger partial charge >= 0.3 is 0 Å². The zero-order chi connectivity index (χ0) is 21.6. The van der Waals surface area contributed by atoms with Crippen LogP contribution in [0.4, 0.5) is 5.69 Å². The minimum Gasteiger partial charge on any atom is -0.326 e. The quantitative estimate of drug-likeness (QED) is 0.697. The van der Waals surface area contributed by atoms with Gasteiger partial charge in [0.15, 0.2) is 0 Å². The second-order valence-corrected chi connectivity index (χ2v) is 9.58. The summed E-state index contributed by atoms with van der Waals surface area (Å²) in [6.07, 6.45) is 1.05. The molecule has 2 aromatic rings. The molecule has 2 aromatic carbocycles. The molecule has 6 nitrogen and oxygen atoms in total. The molecule has 0 saturated carbocycles. The molecule has 3 rings (SSSR count). The Morgan fingerprint density at radius 3 is 2.33 bits per heavy atom. The van der Waals surface area contributed by atoms with Crippen LogP contribution >= 0.6 is 0 Å². The molecule has 30 heavy (non-hydrogen) atoms. The Bertz CT molecular complexity index is 935. The number of hydrogen-bond acceptors (Lipinski definition) is 4. The minimum atomic E-state index is -3.50. The molecule has 1 amide bonds. The maximum Gasteiger partial charge on any atom is 0.243 e. The van der Waals surface area contributed by atoms with Crippen molar-refractivity contribution >= 4 is 21.6 Å². The van der Waals surface area contributed by atoms with Gasteiger partial charge in [-0.25, -0.2) is 8.42 Å². The van der Waals surface area contributed by atoms with E-state index < -0.39 is 10.0 Å². The molecule has 1 aliphatic rings. The van der Waals surface area contributed by atoms with Gasteiger partial charge in [-0.15, -0.1) is 0 Å². The van der Waals surface area contributed by atoms with Crippen molar-refractivity contribution in [2.75, 3.05) is 31.5 Å². The number of nitrogens with one attached hydrogen (secondary N) is 1. The van der Waals surface area contributed by atoms with Crippen LogP contribution < -0.4 is 5.32 Å². The number of carbonyl (C=O) groups excluding carboxylic acids is 1. The molecule has 0 radical (unpaired) electrons. The van der Waals surface area contributed by atoms with Crippen molar-refractivity contribution < 1.29 is 13.2 Å². The van der Waals surface area contributed by atoms with Gasteiger partial charge in [0.05, 0.1) is 4.90 Å². The molecule has 7 heteroatoms. The van der Waals surface area contributed by atoms with E-state index in [1.54, 1.807) is 30.3 Å². The number of nitrogens with zero attached hydrogens (tertiary/aromatic N) is 2. The number of benzene rings is 2. The van der Waals surface area contributed by atoms with E-state index in [0.29, 0.717) is 30.8 Å². The average molecular weight is 430 g/mol. The number of sulfonamides is 1. The monoisotopic (exact) mass is 429 g/mol. The fourth-order valence-corrected chi connectivity index (χ4v) is 5.29. The third-order valence-corrected chi connectivity index (χ3v) is 7.61. The van der Waals surface area contributed by atoms with Crippen molar-refractivity contribution in [3.63, 3.8) is 0 Å². The Hall–Kier alpha value is -2.22. The Balaban J connectivity index is 1.57. The second-order valence-electron chi connectivity index (χ2n) is 7.64. The maximum atomic E-state index is 12.8. The van der Waals surface area contributed by atoms with Crippen LogP contribution in [0.5, 0.6) is 0 Å². The van der Waals surface area contributed by atoms with Gasteiger partial charge in [0.25, 0.3) is 0 Å². The summed E-state index contributed by atoms with van der Waals surface area (Å²) < 4.78 is 27.0. The molecule has 0 bridgehead atoms. The Labute approximate surface area is 179 Å². The zero-order valence-electron chi connectivity index (χ0n) is 17.8. The minimum absolute atomic E-state index is 0.0354. The smallest absolute Gasteiger partial charge is 0.243 e. The van der Waals surface area contributed by atoms with Gasteiger partial charge in [0.2, 0.25) is 15.9 Å². The van der Waals surface area contributed by atoms with Crippen molar-refractivity contribution in [2.24, 2.45) is 5.92 Å². The SMILES string of the molecule is CCN(CC)Cc1cccc(NC(=O)C2CCN(S(=O)(=O)c3ccccc3)CC2)c1. The molecule has 1 saturated heterocycles. The van der Waals surface area contributed by atoms with Crippen molar-refractivity contribution in [1.29, 1.82) is 0 Å². The lowest BCUT2D eigenvalue weighted by molar-refractivity contribution is -0.120. The Kier molecular flexibility index (Phi) is 7.64. The lowest BCUT2D eigenvalue weighted by atomic mass is 9.97. The number of amides is 1. The zero-order valence-corrected chi connectivity index (χ0v) is 18.6. The Morgan fingerprint density at radius 2 is 1.70 bits per heavy atom. The first kappa shape index (κ1) is 22.5. The van der Waals surface area contributed by atoms with Crippen LogP contribution in [0.1, 0.15) is 32.3 Å². The summed E-state index contributed by atoms with van der Waals surface area (Å²) in [5.41, 5.74) is 1.96. The summed E-state index contributed by atoms with van der Waals surface area (Å²) in [6.45, 7) is 7.81. The summed E-state index contributed by atoms with van der Waals surface area (Å²) in [4.78, 5) is 15.4. The number of rotatable bonds is 8. The van der Waals surface area contributed by atoms with E-state index in [1.165, 1.54) is 9.87 Å². The van der Waals surface area contributed by atoms with Gasteiger partial charge in [-0.3, -0.25) is 9.69 Å². The number of piperidine rings is 1. The molecular weight excluding hydrogens is 398 g/mol. The van der Waals surface area contributed by atoms with E-state index in [1.807, 2.05) is 18.2 Å². The molecule has 0 unspecified atom stereocenters. The molecule has 1 fully saturated rings. The lowest BCUT2D eigenvalue weighted by Gasteiger charge is -2.30. The molecule has 1 heterocycles. The molecule has 0 aliphatic carbocycles. The molecule has 1 aliphatic heterocycles. The highest BCUT2D eigenvalue weighted by molar-refractivity contribution is 7.89. The highest BCUT2D eigenvalue weighted by Gasteiger charge is 2.32. The molecule has 0 aromatic heterocycles. The fraction of sp³-hybridized carbons (Fsp3) is 0.435. The topological polar surface area (TPSA) is 69.7 Å². The molecule has 162 valence electrons. The van der Waals surface area contributed by atoms with E-state index in [0.717, 1.165) is 25.3 Å². The summed E-state index contributed by atoms with van der Waals surface area (Å²) in [7, 11) is -3.50. The largest absolute Gasteiger partial charge is 0.326 e. The molecule has 1 N–H and O–H groups in total. The normalized spacial score (nSPS) is 16.0. The predicted molar refractivity (Wildman–Crippen MR) is 120 cm³/mol. The van der Waals surface area contributed by atoms with Gasteiger partial charge < -0.3 is 5.32 Å². The number of hydrogen-bond donors (Lipinski definition) is 1. The van der Waals surface area contributed by atoms with Crippen LogP contribution in [0.25, 0.3) is 0 Å². The predicted octanol–water partition coefficient (Wildman–Crippen LogP) is 3.57. The lowest BCUT2D eigenvalue weighted by Crippen LogP contribution is -2.41. The van der Waals surface area contributed by atoms with Gasteiger partial charge in [0, 0.05) is 31.2 Å². The summed E-state index contributed by atoms with van der Waals surface area (Å²) >= 11 is 0. The first-order valence-corrected chi connectivity index (χ1v) is 12.1. The number of carbonyl (C=O) groups is 1. The summed E-state index contributed by atoms with van der Waals surface area (Å²) in [5, 5.41) is 3.02. The van der Waals surface area contributed by atoms with Gasteiger partial charge in [0.1, 0.15) is 0 Å². The molecule has 0 spiro atoms. The second kappa shape index (κ2) is 10.2. The van der Waals surface area contributed by atoms with Crippen molar-refractivity contribution in [2.45, 2.75) is 38.1 Å². The average Bonchev–Trinajstić information content (AvgIpc) is 2.78. The van der Waals surface area contributed by atoms with E-state index in [2.05, 4.69) is 30.1 Å². The highest BCUT2D eigenvalue weighted by atomic mass is 32.2. The highest BCUT2D eigenvalue weighted by Crippen LogP contribution is 2.25. The van der Waals surface area contributed by atoms with Gasteiger partial charge in [-0.1, -0.05) is 44.2 Å². The third kappa shape index (κ3) is 5.47. The molecule has 0 atom stereocenters. The first-order chi connectivity index (χ1) is 14.4. The van der Waals surface area contributed by atoms with Crippen LogP contribution in [0.2, 0.25) is 0 Å². The van der Waals surface area contributed by atoms with Crippen LogP contribution in [0, 0.1) is 5.92 Å². The van der Waals surface area contributed by atoms with E-state index >= 15 is 0 Å². The summed E-state index contributed by atoms with van der Waals surface area (Å²) in [5.74, 6) is -0.217. The van der Waals surface area contributed by atoms with Crippen LogP contribution in [-0.4, -0.2) is 49.7 Å². The van der Waals surface area contributed by atoms with E-state index in [4.69, 9.17) is 0 Å². The van der Waals surface area contributed by atoms with Crippen LogP contribution in [0.3, 0.4) is 0 Å². The van der Waals surface area contributed by atoms with Gasteiger partial charge in [-0.05, 0) is 55.8 Å². The maximum absolute atomic E-state index is 12.8. The van der Waals surface area contributed by atoms with Crippen molar-refractivity contribution in [3.8, 4) is 0 Å². The van der Waals surface area contributed by atoms with E-state index in [9.17, 15) is 13.2 Å². The van der Waals surface area contributed by atoms with Crippen molar-refractivity contribution in [3.05, 3.63) is 60.2 Å². The van der Waals surface area contributed by atoms with Crippen LogP contribution in [0.15, 0.2) is 59.5 Å². The standard InChI is InChI=1S/C23H31N3O3S/c1-3-25(4-2)18-19-9-8-10-21(17-19)24-23(27)20-13-15-26(16-14-20)30(28,29)22-11-6-5-7-12-22/h5-12,17,20H,3-4,13-16,18H2,1-2H3,(H,24,27). The summed E-state index contributed by atoms with van der Waals surface area (Å²) in [6, 6.07) is 16.4. The van der Waals surface area contributed by atoms with E-state index in [-0.39, 0.29) is 11.8 Å². The van der Waals surface area contributed by atoms with Crippen LogP contribution in [-0.2, 0) is 21.4 Å². The third-order valence-electron chi connectivity index (χ3n) is 5.70.